The monoisotopic (exact) mass is 253 g/mol. The molecule has 0 saturated carbocycles. The van der Waals surface area contributed by atoms with Gasteiger partial charge in [-0.05, 0) is 13.1 Å². The molecule has 18 heavy (non-hydrogen) atoms. The Hall–Kier alpha value is -1.40. The molecule has 1 saturated heterocycles. The maximum atomic E-state index is 11.1. The molecule has 2 unspecified atom stereocenters. The smallest absolute Gasteiger partial charge is 0.310 e. The van der Waals surface area contributed by atoms with E-state index in [1.807, 2.05) is 24.8 Å². The van der Waals surface area contributed by atoms with Crippen molar-refractivity contribution in [3.8, 4) is 0 Å². The van der Waals surface area contributed by atoms with Crippen LogP contribution in [0.4, 0.5) is 0 Å². The van der Waals surface area contributed by atoms with E-state index in [-0.39, 0.29) is 6.04 Å². The minimum Gasteiger partial charge on any atom is -0.481 e. The molecule has 1 aliphatic heterocycles. The molecule has 0 radical (unpaired) electrons. The molecule has 1 N–H and O–H groups in total. The summed E-state index contributed by atoms with van der Waals surface area (Å²) in [6.45, 7) is 1.62. The Labute approximate surface area is 106 Å². The van der Waals surface area contributed by atoms with Crippen molar-refractivity contribution in [1.82, 2.24) is 14.7 Å². The highest BCUT2D eigenvalue weighted by Gasteiger charge is 2.36. The lowest BCUT2D eigenvalue weighted by Crippen LogP contribution is -2.41. The van der Waals surface area contributed by atoms with Gasteiger partial charge in [0.05, 0.1) is 19.1 Å². The van der Waals surface area contributed by atoms with Crippen LogP contribution in [0.15, 0.2) is 12.3 Å². The van der Waals surface area contributed by atoms with E-state index in [0.717, 1.165) is 18.7 Å². The van der Waals surface area contributed by atoms with E-state index in [1.165, 1.54) is 0 Å². The Morgan fingerprint density at radius 3 is 3.06 bits per heavy atom. The molecule has 0 aromatic carbocycles. The summed E-state index contributed by atoms with van der Waals surface area (Å²) in [6, 6.07) is 1.95. The van der Waals surface area contributed by atoms with Crippen LogP contribution in [-0.2, 0) is 23.0 Å². The van der Waals surface area contributed by atoms with Gasteiger partial charge in [0, 0.05) is 37.9 Å². The Kier molecular flexibility index (Phi) is 3.98. The lowest BCUT2D eigenvalue weighted by Gasteiger charge is -2.25. The van der Waals surface area contributed by atoms with E-state index in [9.17, 15) is 4.79 Å². The quantitative estimate of drug-likeness (QED) is 0.799. The van der Waals surface area contributed by atoms with Gasteiger partial charge in [-0.2, -0.15) is 5.10 Å². The second-order valence-corrected chi connectivity index (χ2v) is 4.73. The zero-order valence-electron chi connectivity index (χ0n) is 10.7. The first kappa shape index (κ1) is 13.0. The van der Waals surface area contributed by atoms with E-state index < -0.39 is 11.9 Å². The number of hydrogen-bond donors (Lipinski definition) is 1. The van der Waals surface area contributed by atoms with Crippen molar-refractivity contribution in [2.75, 3.05) is 26.8 Å². The van der Waals surface area contributed by atoms with Crippen LogP contribution >= 0.6 is 0 Å². The number of aliphatic carboxylic acids is 1. The molecule has 1 aromatic rings. The van der Waals surface area contributed by atoms with Crippen molar-refractivity contribution in [3.05, 3.63) is 18.0 Å². The Bertz CT molecular complexity index is 418. The Morgan fingerprint density at radius 1 is 1.67 bits per heavy atom. The van der Waals surface area contributed by atoms with Gasteiger partial charge >= 0.3 is 5.97 Å². The van der Waals surface area contributed by atoms with Crippen molar-refractivity contribution in [2.45, 2.75) is 12.5 Å². The first-order chi connectivity index (χ1) is 8.59. The van der Waals surface area contributed by atoms with E-state index in [1.54, 1.807) is 6.20 Å². The van der Waals surface area contributed by atoms with Gasteiger partial charge in [0.1, 0.15) is 0 Å². The van der Waals surface area contributed by atoms with Crippen LogP contribution in [0.3, 0.4) is 0 Å². The van der Waals surface area contributed by atoms with Crippen molar-refractivity contribution >= 4 is 5.97 Å². The highest BCUT2D eigenvalue weighted by Crippen LogP contribution is 2.19. The van der Waals surface area contributed by atoms with Gasteiger partial charge in [-0.25, -0.2) is 0 Å². The number of hydrogen-bond acceptors (Lipinski definition) is 4. The molecule has 6 nitrogen and oxygen atoms in total. The zero-order chi connectivity index (χ0) is 13.1. The van der Waals surface area contributed by atoms with Crippen LogP contribution in [0.1, 0.15) is 5.69 Å². The number of carboxylic acid groups (broad SMARTS) is 1. The molecule has 1 fully saturated rings. The standard InChI is InChI=1S/C12H19N3O3/c1-14(6-4-9-3-5-13-15(9)2)11-8-18-7-10(11)12(16)17/h3,5,10-11H,4,6-8H2,1-2H3,(H,16,17). The van der Waals surface area contributed by atoms with Crippen molar-refractivity contribution in [2.24, 2.45) is 13.0 Å². The third kappa shape index (κ3) is 2.70. The SMILES string of the molecule is CN(CCc1ccnn1C)C1COCC1C(=O)O. The lowest BCUT2D eigenvalue weighted by molar-refractivity contribution is -0.143. The largest absolute Gasteiger partial charge is 0.481 e. The minimum atomic E-state index is -0.773. The molecule has 1 aliphatic rings. The molecular weight excluding hydrogens is 234 g/mol. The topological polar surface area (TPSA) is 67.6 Å². The summed E-state index contributed by atoms with van der Waals surface area (Å²) in [4.78, 5) is 13.2. The van der Waals surface area contributed by atoms with Gasteiger partial charge in [0.25, 0.3) is 0 Å². The minimum absolute atomic E-state index is 0.0317. The number of carboxylic acids is 1. The number of carbonyl (C=O) groups is 1. The second-order valence-electron chi connectivity index (χ2n) is 4.73. The molecule has 0 spiro atoms. The first-order valence-corrected chi connectivity index (χ1v) is 6.07. The van der Waals surface area contributed by atoms with Gasteiger partial charge in [0.15, 0.2) is 0 Å². The van der Waals surface area contributed by atoms with Crippen molar-refractivity contribution < 1.29 is 14.6 Å². The summed E-state index contributed by atoms with van der Waals surface area (Å²) >= 11 is 0. The molecule has 0 aliphatic carbocycles. The van der Waals surface area contributed by atoms with Gasteiger partial charge < -0.3 is 9.84 Å². The third-order valence-corrected chi connectivity index (χ3v) is 3.58. The predicted octanol–water partition coefficient (Wildman–Crippen LogP) is -0.00600. The molecule has 2 atom stereocenters. The molecule has 1 aromatic heterocycles. The number of likely N-dealkylation sites (N-methyl/N-ethyl adjacent to an activating group) is 1. The molecule has 2 rings (SSSR count). The summed E-state index contributed by atoms with van der Waals surface area (Å²) in [5.41, 5.74) is 1.15. The molecule has 6 heteroatoms. The molecule has 100 valence electrons. The van der Waals surface area contributed by atoms with Crippen LogP contribution < -0.4 is 0 Å². The summed E-state index contributed by atoms with van der Waals surface area (Å²) in [6.07, 6.45) is 2.63. The maximum Gasteiger partial charge on any atom is 0.310 e. The lowest BCUT2D eigenvalue weighted by atomic mass is 10.0. The number of rotatable bonds is 5. The normalized spacial score (nSPS) is 23.7. The molecule has 2 heterocycles. The van der Waals surface area contributed by atoms with E-state index in [2.05, 4.69) is 10.00 Å². The van der Waals surface area contributed by atoms with Crippen LogP contribution in [0, 0.1) is 5.92 Å². The Morgan fingerprint density at radius 2 is 2.44 bits per heavy atom. The number of ether oxygens (including phenoxy) is 1. The number of aromatic nitrogens is 2. The average Bonchev–Trinajstić information content (AvgIpc) is 2.94. The second kappa shape index (κ2) is 5.49. The van der Waals surface area contributed by atoms with Gasteiger partial charge in [0.2, 0.25) is 0 Å². The maximum absolute atomic E-state index is 11.1. The highest BCUT2D eigenvalue weighted by molar-refractivity contribution is 5.71. The molecule has 0 bridgehead atoms. The average molecular weight is 253 g/mol. The highest BCUT2D eigenvalue weighted by atomic mass is 16.5. The summed E-state index contributed by atoms with van der Waals surface area (Å²) in [7, 11) is 3.86. The zero-order valence-corrected chi connectivity index (χ0v) is 10.7. The molecular formula is C12H19N3O3. The number of nitrogens with zero attached hydrogens (tertiary/aromatic N) is 3. The summed E-state index contributed by atoms with van der Waals surface area (Å²) in [5.74, 6) is -1.19. The fraction of sp³-hybridized carbons (Fsp3) is 0.667. The van der Waals surface area contributed by atoms with E-state index >= 15 is 0 Å². The van der Waals surface area contributed by atoms with E-state index in [0.29, 0.717) is 13.2 Å². The van der Waals surface area contributed by atoms with Crippen LogP contribution in [0.2, 0.25) is 0 Å². The van der Waals surface area contributed by atoms with Crippen LogP contribution in [0.5, 0.6) is 0 Å². The third-order valence-electron chi connectivity index (χ3n) is 3.58. The summed E-state index contributed by atoms with van der Waals surface area (Å²) < 4.78 is 7.11. The summed E-state index contributed by atoms with van der Waals surface area (Å²) in [5, 5.41) is 13.2. The molecule has 0 amide bonds. The first-order valence-electron chi connectivity index (χ1n) is 6.07. The Balaban J connectivity index is 1.90. The van der Waals surface area contributed by atoms with Crippen molar-refractivity contribution in [3.63, 3.8) is 0 Å². The van der Waals surface area contributed by atoms with Crippen molar-refractivity contribution in [1.29, 1.82) is 0 Å². The predicted molar refractivity (Wildman–Crippen MR) is 65.3 cm³/mol. The van der Waals surface area contributed by atoms with Crippen LogP contribution in [0.25, 0.3) is 0 Å². The van der Waals surface area contributed by atoms with Gasteiger partial charge in [-0.3, -0.25) is 14.4 Å². The van der Waals surface area contributed by atoms with Gasteiger partial charge in [-0.1, -0.05) is 0 Å². The van der Waals surface area contributed by atoms with Crippen LogP contribution in [-0.4, -0.2) is 58.6 Å². The fourth-order valence-corrected chi connectivity index (χ4v) is 2.32. The fourth-order valence-electron chi connectivity index (χ4n) is 2.32. The number of aryl methyl sites for hydroxylation is 1. The van der Waals surface area contributed by atoms with Gasteiger partial charge in [-0.15, -0.1) is 0 Å². The van der Waals surface area contributed by atoms with E-state index in [4.69, 9.17) is 9.84 Å².